The first-order valence-corrected chi connectivity index (χ1v) is 8.30. The van der Waals surface area contributed by atoms with Crippen molar-refractivity contribution in [3.05, 3.63) is 39.7 Å². The minimum Gasteiger partial charge on any atom is -0.304 e. The van der Waals surface area contributed by atoms with Crippen molar-refractivity contribution in [1.82, 2.24) is 15.2 Å². The zero-order valence-corrected chi connectivity index (χ0v) is 13.2. The lowest BCUT2D eigenvalue weighted by molar-refractivity contribution is 0.102. The normalized spacial score (nSPS) is 11.0. The summed E-state index contributed by atoms with van der Waals surface area (Å²) in [6, 6.07) is 3.84. The van der Waals surface area contributed by atoms with Crippen LogP contribution >= 0.6 is 22.7 Å². The number of aromatic nitrogens is 3. The summed E-state index contributed by atoms with van der Waals surface area (Å²) in [4.78, 5) is 16.5. The molecule has 7 heteroatoms. The third-order valence-corrected chi connectivity index (χ3v) is 4.54. The number of nitrogens with one attached hydrogen (secondary N) is 2. The predicted molar refractivity (Wildman–Crippen MR) is 86.1 cm³/mol. The van der Waals surface area contributed by atoms with Gasteiger partial charge in [0.15, 0.2) is 5.82 Å². The van der Waals surface area contributed by atoms with Gasteiger partial charge < -0.3 is 5.32 Å². The van der Waals surface area contributed by atoms with E-state index >= 15 is 0 Å². The third-order valence-electron chi connectivity index (χ3n) is 2.97. The summed E-state index contributed by atoms with van der Waals surface area (Å²) in [6.07, 6.45) is 0. The van der Waals surface area contributed by atoms with Crippen LogP contribution < -0.4 is 5.32 Å². The van der Waals surface area contributed by atoms with Gasteiger partial charge in [-0.3, -0.25) is 9.89 Å². The van der Waals surface area contributed by atoms with E-state index < -0.39 is 0 Å². The standard InChI is InChI=1S/C14H14N4OS2/c1-8(2)10-5-12(18-17-10)16-13(19)11-7-21-14(15-11)9-3-4-20-6-9/h3-8H,1-2H3,(H2,16,17,18,19). The molecule has 0 aliphatic rings. The lowest BCUT2D eigenvalue weighted by atomic mass is 10.1. The molecule has 0 atom stereocenters. The van der Waals surface area contributed by atoms with Gasteiger partial charge in [0, 0.05) is 28.1 Å². The highest BCUT2D eigenvalue weighted by Crippen LogP contribution is 2.26. The third kappa shape index (κ3) is 3.03. The second kappa shape index (κ2) is 5.79. The predicted octanol–water partition coefficient (Wildman–Crippen LogP) is 3.97. The first-order valence-electron chi connectivity index (χ1n) is 6.48. The van der Waals surface area contributed by atoms with E-state index in [4.69, 9.17) is 0 Å². The van der Waals surface area contributed by atoms with Gasteiger partial charge in [-0.05, 0) is 17.4 Å². The van der Waals surface area contributed by atoms with Gasteiger partial charge in [-0.25, -0.2) is 4.98 Å². The smallest absolute Gasteiger partial charge is 0.276 e. The SMILES string of the molecule is CC(C)c1cc(NC(=O)c2csc(-c3ccsc3)n2)n[nH]1. The fraction of sp³-hybridized carbons (Fsp3) is 0.214. The van der Waals surface area contributed by atoms with Crippen LogP contribution in [0.2, 0.25) is 0 Å². The number of carbonyl (C=O) groups excluding carboxylic acids is 1. The first kappa shape index (κ1) is 14.0. The number of thiazole rings is 1. The van der Waals surface area contributed by atoms with Gasteiger partial charge in [0.25, 0.3) is 5.91 Å². The molecule has 5 nitrogen and oxygen atoms in total. The van der Waals surface area contributed by atoms with Crippen LogP contribution in [0.4, 0.5) is 5.82 Å². The lowest BCUT2D eigenvalue weighted by Crippen LogP contribution is -2.12. The van der Waals surface area contributed by atoms with Gasteiger partial charge in [0.05, 0.1) is 0 Å². The number of rotatable bonds is 4. The number of hydrogen-bond acceptors (Lipinski definition) is 5. The van der Waals surface area contributed by atoms with E-state index in [-0.39, 0.29) is 5.91 Å². The molecule has 21 heavy (non-hydrogen) atoms. The van der Waals surface area contributed by atoms with Crippen LogP contribution in [0, 0.1) is 0 Å². The van der Waals surface area contributed by atoms with E-state index in [0.29, 0.717) is 17.4 Å². The van der Waals surface area contributed by atoms with Gasteiger partial charge in [0.1, 0.15) is 10.7 Å². The molecule has 0 fully saturated rings. The Morgan fingerprint density at radius 2 is 2.24 bits per heavy atom. The number of H-pyrrole nitrogens is 1. The Morgan fingerprint density at radius 1 is 1.38 bits per heavy atom. The Morgan fingerprint density at radius 3 is 2.90 bits per heavy atom. The topological polar surface area (TPSA) is 70.7 Å². The fourth-order valence-electron chi connectivity index (χ4n) is 1.77. The van der Waals surface area contributed by atoms with E-state index in [2.05, 4.69) is 34.3 Å². The minimum absolute atomic E-state index is 0.241. The van der Waals surface area contributed by atoms with Crippen molar-refractivity contribution < 1.29 is 4.79 Å². The highest BCUT2D eigenvalue weighted by Gasteiger charge is 2.14. The fourth-order valence-corrected chi connectivity index (χ4v) is 3.29. The van der Waals surface area contributed by atoms with E-state index in [9.17, 15) is 4.79 Å². The van der Waals surface area contributed by atoms with Crippen molar-refractivity contribution in [3.8, 4) is 10.6 Å². The molecule has 0 saturated heterocycles. The largest absolute Gasteiger partial charge is 0.304 e. The van der Waals surface area contributed by atoms with Gasteiger partial charge in [-0.1, -0.05) is 13.8 Å². The Labute approximate surface area is 130 Å². The van der Waals surface area contributed by atoms with Gasteiger partial charge in [-0.15, -0.1) is 11.3 Å². The molecule has 3 aromatic rings. The van der Waals surface area contributed by atoms with Crippen LogP contribution in [0.1, 0.15) is 35.9 Å². The molecule has 0 saturated carbocycles. The highest BCUT2D eigenvalue weighted by atomic mass is 32.1. The van der Waals surface area contributed by atoms with Crippen LogP contribution in [0.25, 0.3) is 10.6 Å². The van der Waals surface area contributed by atoms with Crippen LogP contribution in [0.15, 0.2) is 28.3 Å². The monoisotopic (exact) mass is 318 g/mol. The minimum atomic E-state index is -0.241. The Hall–Kier alpha value is -1.99. The molecule has 0 spiro atoms. The van der Waals surface area contributed by atoms with Gasteiger partial charge in [-0.2, -0.15) is 16.4 Å². The molecular formula is C14H14N4OS2. The van der Waals surface area contributed by atoms with Crippen molar-refractivity contribution in [2.45, 2.75) is 19.8 Å². The summed E-state index contributed by atoms with van der Waals surface area (Å²) < 4.78 is 0. The van der Waals surface area contributed by atoms with Crippen molar-refractivity contribution in [3.63, 3.8) is 0 Å². The number of thiophene rings is 1. The second-order valence-corrected chi connectivity index (χ2v) is 6.51. The molecule has 3 aromatic heterocycles. The molecule has 108 valence electrons. The van der Waals surface area contributed by atoms with E-state index in [1.165, 1.54) is 11.3 Å². The Bertz CT molecular complexity index is 743. The average molecular weight is 318 g/mol. The van der Waals surface area contributed by atoms with Crippen molar-refractivity contribution in [2.24, 2.45) is 0 Å². The van der Waals surface area contributed by atoms with E-state index in [1.54, 1.807) is 16.7 Å². The molecule has 3 rings (SSSR count). The molecule has 0 bridgehead atoms. The van der Waals surface area contributed by atoms with Crippen LogP contribution in [0.5, 0.6) is 0 Å². The summed E-state index contributed by atoms with van der Waals surface area (Å²) in [7, 11) is 0. The first-order chi connectivity index (χ1) is 10.1. The van der Waals surface area contributed by atoms with Crippen LogP contribution in [-0.4, -0.2) is 21.1 Å². The number of amides is 1. The molecule has 0 aromatic carbocycles. The zero-order valence-electron chi connectivity index (χ0n) is 11.6. The lowest BCUT2D eigenvalue weighted by Gasteiger charge is -1.98. The summed E-state index contributed by atoms with van der Waals surface area (Å²) in [5.41, 5.74) is 2.45. The number of carbonyl (C=O) groups is 1. The van der Waals surface area contributed by atoms with Crippen LogP contribution in [0.3, 0.4) is 0 Å². The maximum Gasteiger partial charge on any atom is 0.276 e. The summed E-state index contributed by atoms with van der Waals surface area (Å²) in [5.74, 6) is 0.621. The van der Waals surface area contributed by atoms with Crippen molar-refractivity contribution >= 4 is 34.4 Å². The van der Waals surface area contributed by atoms with E-state index in [0.717, 1.165) is 16.3 Å². The van der Waals surface area contributed by atoms with E-state index in [1.807, 2.05) is 22.9 Å². The van der Waals surface area contributed by atoms with Gasteiger partial charge in [0.2, 0.25) is 0 Å². The van der Waals surface area contributed by atoms with Crippen molar-refractivity contribution in [1.29, 1.82) is 0 Å². The Kier molecular flexibility index (Phi) is 3.85. The number of nitrogens with zero attached hydrogens (tertiary/aromatic N) is 2. The maximum atomic E-state index is 12.2. The average Bonchev–Trinajstić information content (AvgIpc) is 3.19. The quantitative estimate of drug-likeness (QED) is 0.764. The molecule has 0 aliphatic carbocycles. The zero-order chi connectivity index (χ0) is 14.8. The molecule has 0 unspecified atom stereocenters. The Balaban J connectivity index is 1.73. The summed E-state index contributed by atoms with van der Waals surface area (Å²) in [5, 5.41) is 16.4. The van der Waals surface area contributed by atoms with Gasteiger partial charge >= 0.3 is 0 Å². The number of aromatic amines is 1. The molecule has 0 aliphatic heterocycles. The number of anilines is 1. The highest BCUT2D eigenvalue weighted by molar-refractivity contribution is 7.14. The van der Waals surface area contributed by atoms with Crippen molar-refractivity contribution in [2.75, 3.05) is 5.32 Å². The molecule has 2 N–H and O–H groups in total. The summed E-state index contributed by atoms with van der Waals surface area (Å²) >= 11 is 3.07. The molecule has 3 heterocycles. The number of hydrogen-bond donors (Lipinski definition) is 2. The summed E-state index contributed by atoms with van der Waals surface area (Å²) in [6.45, 7) is 4.12. The molecular weight excluding hydrogens is 304 g/mol. The molecule has 1 amide bonds. The second-order valence-electron chi connectivity index (χ2n) is 4.87. The van der Waals surface area contributed by atoms with Crippen LogP contribution in [-0.2, 0) is 0 Å². The molecule has 0 radical (unpaired) electrons. The maximum absolute atomic E-state index is 12.2.